The van der Waals surface area contributed by atoms with E-state index in [-0.39, 0.29) is 5.60 Å². The fraction of sp³-hybridized carbons (Fsp3) is 0.765. The van der Waals surface area contributed by atoms with Crippen molar-refractivity contribution < 1.29 is 4.74 Å². The molecule has 2 fully saturated rings. The third-order valence-corrected chi connectivity index (χ3v) is 6.14. The van der Waals surface area contributed by atoms with Crippen LogP contribution >= 0.6 is 11.3 Å². The first-order valence-corrected chi connectivity index (χ1v) is 9.03. The van der Waals surface area contributed by atoms with Crippen molar-refractivity contribution in [3.05, 3.63) is 22.4 Å². The van der Waals surface area contributed by atoms with Crippen LogP contribution in [0.1, 0.15) is 49.8 Å². The molecule has 1 aromatic rings. The first-order chi connectivity index (χ1) is 9.81. The molecule has 2 nitrogen and oxygen atoms in total. The average Bonchev–Trinajstić information content (AvgIpc) is 2.98. The molecule has 3 heteroatoms. The van der Waals surface area contributed by atoms with Crippen LogP contribution in [0.4, 0.5) is 0 Å². The fourth-order valence-corrected chi connectivity index (χ4v) is 4.87. The van der Waals surface area contributed by atoms with Gasteiger partial charge in [0.1, 0.15) is 0 Å². The van der Waals surface area contributed by atoms with Gasteiger partial charge in [0, 0.05) is 17.5 Å². The molecule has 1 spiro atoms. The molecule has 0 aromatic carbocycles. The van der Waals surface area contributed by atoms with Crippen molar-refractivity contribution in [3.8, 4) is 0 Å². The van der Waals surface area contributed by atoms with Crippen LogP contribution in [0.3, 0.4) is 0 Å². The van der Waals surface area contributed by atoms with Gasteiger partial charge >= 0.3 is 0 Å². The minimum absolute atomic E-state index is 0.228. The molecule has 2 aliphatic rings. The maximum absolute atomic E-state index is 6.24. The Labute approximate surface area is 126 Å². The van der Waals surface area contributed by atoms with Gasteiger partial charge in [-0.3, -0.25) is 0 Å². The molecular formula is C17H27NOS. The lowest BCUT2D eigenvalue weighted by atomic mass is 9.73. The predicted octanol–water partition coefficient (Wildman–Crippen LogP) is 4.01. The van der Waals surface area contributed by atoms with Crippen molar-refractivity contribution in [2.75, 3.05) is 13.7 Å². The lowest BCUT2D eigenvalue weighted by Crippen LogP contribution is -2.47. The molecule has 2 atom stereocenters. The first kappa shape index (κ1) is 14.6. The Hall–Kier alpha value is -0.380. The molecular weight excluding hydrogens is 266 g/mol. The maximum atomic E-state index is 6.24. The fourth-order valence-electron chi connectivity index (χ4n) is 4.10. The first-order valence-electron chi connectivity index (χ1n) is 8.15. The van der Waals surface area contributed by atoms with E-state index in [1.165, 1.54) is 56.2 Å². The summed E-state index contributed by atoms with van der Waals surface area (Å²) in [7, 11) is 2.13. The Balaban J connectivity index is 1.65. The zero-order chi connectivity index (χ0) is 13.8. The summed E-state index contributed by atoms with van der Waals surface area (Å²) in [5.41, 5.74) is 0.228. The van der Waals surface area contributed by atoms with Gasteiger partial charge < -0.3 is 10.1 Å². The van der Waals surface area contributed by atoms with Crippen LogP contribution in [-0.2, 0) is 11.2 Å². The van der Waals surface area contributed by atoms with Crippen LogP contribution in [-0.4, -0.2) is 25.3 Å². The third-order valence-electron chi connectivity index (χ3n) is 5.24. The quantitative estimate of drug-likeness (QED) is 0.905. The van der Waals surface area contributed by atoms with Gasteiger partial charge in [0.15, 0.2) is 0 Å². The van der Waals surface area contributed by atoms with Gasteiger partial charge in [0.05, 0.1) is 5.60 Å². The summed E-state index contributed by atoms with van der Waals surface area (Å²) in [6.45, 7) is 0.966. The molecule has 1 aromatic heterocycles. The topological polar surface area (TPSA) is 21.3 Å². The second kappa shape index (κ2) is 6.59. The molecule has 2 heterocycles. The molecule has 1 saturated carbocycles. The standard InChI is InChI=1S/C17H27NOS/c1-18-16(12-15-6-5-11-20-15)14-7-10-19-17(13-14)8-3-2-4-9-17/h5-6,11,14,16,18H,2-4,7-10,12-13H2,1H3. The molecule has 3 rings (SSSR count). The van der Waals surface area contributed by atoms with Gasteiger partial charge in [-0.1, -0.05) is 25.3 Å². The number of hydrogen-bond donors (Lipinski definition) is 1. The zero-order valence-corrected chi connectivity index (χ0v) is 13.4. The van der Waals surface area contributed by atoms with Gasteiger partial charge in [-0.05, 0) is 56.5 Å². The molecule has 0 bridgehead atoms. The van der Waals surface area contributed by atoms with Crippen LogP contribution in [0.2, 0.25) is 0 Å². The molecule has 20 heavy (non-hydrogen) atoms. The van der Waals surface area contributed by atoms with E-state index in [2.05, 4.69) is 29.9 Å². The minimum Gasteiger partial charge on any atom is -0.375 e. The van der Waals surface area contributed by atoms with Gasteiger partial charge in [0.2, 0.25) is 0 Å². The van der Waals surface area contributed by atoms with Crippen molar-refractivity contribution in [3.63, 3.8) is 0 Å². The predicted molar refractivity (Wildman–Crippen MR) is 85.4 cm³/mol. The lowest BCUT2D eigenvalue weighted by Gasteiger charge is -2.45. The highest BCUT2D eigenvalue weighted by atomic mass is 32.1. The van der Waals surface area contributed by atoms with E-state index in [4.69, 9.17) is 4.74 Å². The Morgan fingerprint density at radius 3 is 2.95 bits per heavy atom. The zero-order valence-electron chi connectivity index (χ0n) is 12.6. The summed E-state index contributed by atoms with van der Waals surface area (Å²) in [6, 6.07) is 5.04. The Bertz CT molecular complexity index is 392. The van der Waals surface area contributed by atoms with E-state index < -0.39 is 0 Å². The summed E-state index contributed by atoms with van der Waals surface area (Å²) in [4.78, 5) is 1.51. The third kappa shape index (κ3) is 3.26. The van der Waals surface area contributed by atoms with Gasteiger partial charge in [-0.2, -0.15) is 0 Å². The molecule has 2 unspecified atom stereocenters. The SMILES string of the molecule is CNC(Cc1cccs1)C1CCOC2(CCCCC2)C1. The monoisotopic (exact) mass is 293 g/mol. The number of rotatable bonds is 4. The van der Waals surface area contributed by atoms with E-state index >= 15 is 0 Å². The van der Waals surface area contributed by atoms with Crippen LogP contribution in [0.25, 0.3) is 0 Å². The number of thiophene rings is 1. The molecule has 0 radical (unpaired) electrons. The summed E-state index contributed by atoms with van der Waals surface area (Å²) in [5, 5.41) is 5.77. The number of ether oxygens (including phenoxy) is 1. The molecule has 1 aliphatic heterocycles. The highest BCUT2D eigenvalue weighted by Crippen LogP contribution is 2.41. The molecule has 112 valence electrons. The maximum Gasteiger partial charge on any atom is 0.0685 e. The highest BCUT2D eigenvalue weighted by molar-refractivity contribution is 7.09. The molecule has 0 amide bonds. The summed E-state index contributed by atoms with van der Waals surface area (Å²) in [6.07, 6.45) is 10.4. The normalized spacial score (nSPS) is 27.6. The van der Waals surface area contributed by atoms with Crippen molar-refractivity contribution >= 4 is 11.3 Å². The van der Waals surface area contributed by atoms with Crippen molar-refractivity contribution in [2.24, 2.45) is 5.92 Å². The van der Waals surface area contributed by atoms with E-state index in [0.717, 1.165) is 12.5 Å². The van der Waals surface area contributed by atoms with Crippen LogP contribution < -0.4 is 5.32 Å². The number of likely N-dealkylation sites (N-methyl/N-ethyl adjacent to an activating group) is 1. The summed E-state index contributed by atoms with van der Waals surface area (Å²) >= 11 is 1.89. The van der Waals surface area contributed by atoms with Crippen molar-refractivity contribution in [2.45, 2.75) is 63.0 Å². The van der Waals surface area contributed by atoms with Crippen molar-refractivity contribution in [1.82, 2.24) is 5.32 Å². The van der Waals surface area contributed by atoms with E-state index in [9.17, 15) is 0 Å². The smallest absolute Gasteiger partial charge is 0.0685 e. The van der Waals surface area contributed by atoms with Crippen LogP contribution in [0.15, 0.2) is 17.5 Å². The minimum atomic E-state index is 0.228. The van der Waals surface area contributed by atoms with Crippen molar-refractivity contribution in [1.29, 1.82) is 0 Å². The highest BCUT2D eigenvalue weighted by Gasteiger charge is 2.40. The van der Waals surface area contributed by atoms with Gasteiger partial charge in [-0.15, -0.1) is 11.3 Å². The average molecular weight is 293 g/mol. The van der Waals surface area contributed by atoms with Gasteiger partial charge in [0.25, 0.3) is 0 Å². The van der Waals surface area contributed by atoms with E-state index in [1.54, 1.807) is 0 Å². The van der Waals surface area contributed by atoms with Crippen LogP contribution in [0.5, 0.6) is 0 Å². The van der Waals surface area contributed by atoms with E-state index in [0.29, 0.717) is 6.04 Å². The molecule has 1 saturated heterocycles. The second-order valence-corrected chi connectivity index (χ2v) is 7.56. The number of nitrogens with one attached hydrogen (secondary N) is 1. The van der Waals surface area contributed by atoms with Gasteiger partial charge in [-0.25, -0.2) is 0 Å². The molecule has 1 N–H and O–H groups in total. The second-order valence-electron chi connectivity index (χ2n) is 6.52. The summed E-state index contributed by atoms with van der Waals surface area (Å²) in [5.74, 6) is 0.772. The van der Waals surface area contributed by atoms with Crippen LogP contribution in [0, 0.1) is 5.92 Å². The Morgan fingerprint density at radius 1 is 1.40 bits per heavy atom. The Kier molecular flexibility index (Phi) is 4.79. The summed E-state index contributed by atoms with van der Waals surface area (Å²) < 4.78 is 6.24. The lowest BCUT2D eigenvalue weighted by molar-refractivity contribution is -0.121. The molecule has 1 aliphatic carbocycles. The number of hydrogen-bond acceptors (Lipinski definition) is 3. The van der Waals surface area contributed by atoms with E-state index in [1.807, 2.05) is 11.3 Å². The Morgan fingerprint density at radius 2 is 2.25 bits per heavy atom. The largest absolute Gasteiger partial charge is 0.375 e.